The van der Waals surface area contributed by atoms with Crippen molar-refractivity contribution in [2.45, 2.75) is 19.3 Å². The van der Waals surface area contributed by atoms with Gasteiger partial charge in [0, 0.05) is 0 Å². The minimum atomic E-state index is -0.00656. The molecule has 0 saturated heterocycles. The van der Waals surface area contributed by atoms with Crippen LogP contribution in [0, 0.1) is 0 Å². The minimum Gasteiger partial charge on any atom is -0.289 e. The molecule has 0 aromatic rings. The number of hydrogen-bond donors (Lipinski definition) is 0. The monoisotopic (exact) mass is 310 g/mol. The van der Waals surface area contributed by atoms with Crippen LogP contribution in [-0.4, -0.2) is 5.78 Å². The number of rotatable bonds is 2. The van der Waals surface area contributed by atoms with Crippen LogP contribution in [0.25, 0.3) is 0 Å². The van der Waals surface area contributed by atoms with Gasteiger partial charge >= 0.3 is 0 Å². The highest BCUT2D eigenvalue weighted by Crippen LogP contribution is 2.25. The zero-order chi connectivity index (χ0) is 12.8. The number of carbonyl (C=O) groups excluding carboxylic acids is 1. The molecular formula is C12H10Cl4O. The first-order chi connectivity index (χ1) is 8.00. The van der Waals surface area contributed by atoms with Crippen molar-refractivity contribution < 1.29 is 4.79 Å². The van der Waals surface area contributed by atoms with E-state index in [-0.39, 0.29) is 14.8 Å². The lowest BCUT2D eigenvalue weighted by atomic mass is 9.88. The van der Waals surface area contributed by atoms with E-state index in [1.165, 1.54) is 12.2 Å². The largest absolute Gasteiger partial charge is 0.289 e. The summed E-state index contributed by atoms with van der Waals surface area (Å²) in [6, 6.07) is 0. The molecule has 5 heteroatoms. The Balaban J connectivity index is 2.90. The van der Waals surface area contributed by atoms with Gasteiger partial charge in [-0.15, -0.1) is 0 Å². The van der Waals surface area contributed by atoms with Crippen molar-refractivity contribution in [3.63, 3.8) is 0 Å². The van der Waals surface area contributed by atoms with Gasteiger partial charge in [-0.25, -0.2) is 0 Å². The van der Waals surface area contributed by atoms with E-state index in [2.05, 4.69) is 0 Å². The molecule has 0 bridgehead atoms. The Morgan fingerprint density at radius 3 is 1.65 bits per heavy atom. The summed E-state index contributed by atoms with van der Waals surface area (Å²) in [6.45, 7) is 0. The van der Waals surface area contributed by atoms with Gasteiger partial charge in [0.2, 0.25) is 0 Å². The van der Waals surface area contributed by atoms with Crippen LogP contribution in [-0.2, 0) is 4.79 Å². The van der Waals surface area contributed by atoms with E-state index in [4.69, 9.17) is 46.4 Å². The maximum atomic E-state index is 12.0. The number of carbonyl (C=O) groups is 1. The molecule has 0 amide bonds. The van der Waals surface area contributed by atoms with Crippen LogP contribution in [0.1, 0.15) is 19.3 Å². The summed E-state index contributed by atoms with van der Waals surface area (Å²) in [5.41, 5.74) is 1.39. The quantitative estimate of drug-likeness (QED) is 0.638. The highest BCUT2D eigenvalue weighted by Gasteiger charge is 2.19. The molecule has 0 aliphatic heterocycles. The molecular weight excluding hydrogens is 302 g/mol. The van der Waals surface area contributed by atoms with Gasteiger partial charge in [-0.05, 0) is 42.6 Å². The average Bonchev–Trinajstić information content (AvgIpc) is 2.25. The van der Waals surface area contributed by atoms with Crippen molar-refractivity contribution in [3.8, 4) is 0 Å². The van der Waals surface area contributed by atoms with E-state index in [0.29, 0.717) is 11.1 Å². The van der Waals surface area contributed by atoms with Gasteiger partial charge in [0.05, 0.1) is 0 Å². The van der Waals surface area contributed by atoms with Gasteiger partial charge in [-0.2, -0.15) is 0 Å². The van der Waals surface area contributed by atoms with Crippen molar-refractivity contribution in [1.29, 1.82) is 0 Å². The topological polar surface area (TPSA) is 17.1 Å². The molecule has 92 valence electrons. The van der Waals surface area contributed by atoms with E-state index in [1.807, 2.05) is 0 Å². The van der Waals surface area contributed by atoms with Crippen LogP contribution >= 0.6 is 46.4 Å². The van der Waals surface area contributed by atoms with Crippen molar-refractivity contribution in [2.24, 2.45) is 0 Å². The maximum absolute atomic E-state index is 12.0. The standard InChI is InChI=1S/C12H10Cl4O/c13-10(14)6-4-8-2-1-3-9(12(8)17)5-7-11(15)16/h4-7H,1-3H2/b8-4-,9-5+. The number of Topliss-reactive ketones (excluding diaryl/α,β-unsaturated/α-hetero) is 1. The summed E-state index contributed by atoms with van der Waals surface area (Å²) in [4.78, 5) is 12.0. The Labute approximate surface area is 120 Å². The van der Waals surface area contributed by atoms with E-state index in [9.17, 15) is 4.79 Å². The second-order valence-corrected chi connectivity index (χ2v) is 5.49. The zero-order valence-electron chi connectivity index (χ0n) is 8.85. The third kappa shape index (κ3) is 5.31. The van der Waals surface area contributed by atoms with Gasteiger partial charge in [0.1, 0.15) is 8.98 Å². The molecule has 1 rings (SSSR count). The lowest BCUT2D eigenvalue weighted by molar-refractivity contribution is -0.113. The minimum absolute atomic E-state index is 0.00656. The molecule has 1 saturated carbocycles. The SMILES string of the molecule is O=C1/C(=C\C=C(Cl)Cl)CCC/C1=C\C=C(Cl)Cl. The summed E-state index contributed by atoms with van der Waals surface area (Å²) in [5, 5.41) is 0. The van der Waals surface area contributed by atoms with Crippen molar-refractivity contribution in [1.82, 2.24) is 0 Å². The van der Waals surface area contributed by atoms with Crippen LogP contribution in [0.3, 0.4) is 0 Å². The summed E-state index contributed by atoms with van der Waals surface area (Å²) < 4.78 is 0.259. The van der Waals surface area contributed by atoms with Gasteiger partial charge in [-0.1, -0.05) is 58.6 Å². The Kier molecular flexibility index (Phi) is 6.35. The third-order valence-electron chi connectivity index (χ3n) is 2.30. The molecule has 0 atom stereocenters. The van der Waals surface area contributed by atoms with Crippen LogP contribution in [0.5, 0.6) is 0 Å². The lowest BCUT2D eigenvalue weighted by Crippen LogP contribution is -2.12. The van der Waals surface area contributed by atoms with E-state index in [1.54, 1.807) is 12.2 Å². The lowest BCUT2D eigenvalue weighted by Gasteiger charge is -2.15. The predicted molar refractivity (Wildman–Crippen MR) is 74.6 cm³/mol. The highest BCUT2D eigenvalue weighted by molar-refractivity contribution is 6.56. The molecule has 1 aliphatic carbocycles. The second kappa shape index (κ2) is 7.27. The number of halogens is 4. The average molecular weight is 312 g/mol. The molecule has 0 aromatic heterocycles. The summed E-state index contributed by atoms with van der Waals surface area (Å²) in [7, 11) is 0. The number of ketones is 1. The number of hydrogen-bond acceptors (Lipinski definition) is 1. The zero-order valence-corrected chi connectivity index (χ0v) is 11.9. The smallest absolute Gasteiger partial charge is 0.184 e. The predicted octanol–water partition coefficient (Wildman–Crippen LogP) is 5.23. The summed E-state index contributed by atoms with van der Waals surface area (Å²) >= 11 is 22.0. The number of allylic oxidation sites excluding steroid dienone is 6. The van der Waals surface area contributed by atoms with Crippen molar-refractivity contribution >= 4 is 52.2 Å². The molecule has 0 N–H and O–H groups in total. The van der Waals surface area contributed by atoms with E-state index < -0.39 is 0 Å². The molecule has 17 heavy (non-hydrogen) atoms. The molecule has 0 spiro atoms. The van der Waals surface area contributed by atoms with Crippen LogP contribution in [0.4, 0.5) is 0 Å². The summed E-state index contributed by atoms with van der Waals surface area (Å²) in [5.74, 6) is -0.00656. The molecule has 1 nitrogen and oxygen atoms in total. The van der Waals surface area contributed by atoms with Crippen LogP contribution in [0.2, 0.25) is 0 Å². The molecule has 1 fully saturated rings. The first-order valence-corrected chi connectivity index (χ1v) is 6.50. The van der Waals surface area contributed by atoms with Crippen LogP contribution in [0.15, 0.2) is 44.4 Å². The van der Waals surface area contributed by atoms with Gasteiger partial charge < -0.3 is 0 Å². The molecule has 1 aliphatic rings. The fourth-order valence-electron chi connectivity index (χ4n) is 1.55. The normalized spacial score (nSPS) is 20.6. The molecule has 0 unspecified atom stereocenters. The Bertz CT molecular complexity index is 384. The van der Waals surface area contributed by atoms with Gasteiger partial charge in [0.25, 0.3) is 0 Å². The summed E-state index contributed by atoms with van der Waals surface area (Å²) in [6.07, 6.45) is 8.67. The third-order valence-corrected chi connectivity index (χ3v) is 2.80. The Hall–Kier alpha value is -0.210. The first kappa shape index (κ1) is 14.8. The Morgan fingerprint density at radius 2 is 1.29 bits per heavy atom. The van der Waals surface area contributed by atoms with Gasteiger partial charge in [0.15, 0.2) is 5.78 Å². The first-order valence-electron chi connectivity index (χ1n) is 4.99. The maximum Gasteiger partial charge on any atom is 0.184 e. The van der Waals surface area contributed by atoms with E-state index in [0.717, 1.165) is 19.3 Å². The molecule has 0 radical (unpaired) electrons. The van der Waals surface area contributed by atoms with Crippen molar-refractivity contribution in [3.05, 3.63) is 44.4 Å². The molecule has 0 aromatic carbocycles. The molecule has 0 heterocycles. The fourth-order valence-corrected chi connectivity index (χ4v) is 1.80. The fraction of sp³-hybridized carbons (Fsp3) is 0.250. The second-order valence-electron chi connectivity index (χ2n) is 3.48. The van der Waals surface area contributed by atoms with Crippen molar-refractivity contribution in [2.75, 3.05) is 0 Å². The van der Waals surface area contributed by atoms with Crippen LogP contribution < -0.4 is 0 Å². The highest BCUT2D eigenvalue weighted by atomic mass is 35.5. The Morgan fingerprint density at radius 1 is 0.882 bits per heavy atom. The van der Waals surface area contributed by atoms with Gasteiger partial charge in [-0.3, -0.25) is 4.79 Å². The van der Waals surface area contributed by atoms with E-state index >= 15 is 0 Å².